The molecule has 1 saturated heterocycles. The zero-order valence-corrected chi connectivity index (χ0v) is 16.0. The molecule has 0 unspecified atom stereocenters. The molecule has 0 saturated carbocycles. The predicted octanol–water partition coefficient (Wildman–Crippen LogP) is 3.51. The van der Waals surface area contributed by atoms with Crippen molar-refractivity contribution >= 4 is 46.0 Å². The number of carbonyl (C=O) groups excluding carboxylic acids is 1. The third kappa shape index (κ3) is 3.38. The number of pyridine rings is 1. The van der Waals surface area contributed by atoms with E-state index in [1.165, 1.54) is 16.7 Å². The van der Waals surface area contributed by atoms with Gasteiger partial charge in [-0.05, 0) is 24.3 Å². The highest BCUT2D eigenvalue weighted by Gasteiger charge is 2.33. The Balaban J connectivity index is 2.01. The van der Waals surface area contributed by atoms with Crippen LogP contribution in [0.3, 0.4) is 0 Å². The van der Waals surface area contributed by atoms with Crippen molar-refractivity contribution < 1.29 is 19.0 Å². The molecule has 0 atom stereocenters. The zero-order chi connectivity index (χ0) is 18.7. The number of rotatable bonds is 5. The number of hydrogen-bond donors (Lipinski definition) is 0. The molecule has 1 amide bonds. The highest BCUT2D eigenvalue weighted by atomic mass is 32.2. The molecule has 1 aromatic heterocycles. The van der Waals surface area contributed by atoms with Crippen molar-refractivity contribution in [3.8, 4) is 17.2 Å². The predicted molar refractivity (Wildman–Crippen MR) is 106 cm³/mol. The first-order valence-corrected chi connectivity index (χ1v) is 8.79. The van der Waals surface area contributed by atoms with Crippen molar-refractivity contribution in [3.63, 3.8) is 0 Å². The summed E-state index contributed by atoms with van der Waals surface area (Å²) in [6.07, 6.45) is 4.98. The molecule has 0 bridgehead atoms. The van der Waals surface area contributed by atoms with Gasteiger partial charge < -0.3 is 14.2 Å². The lowest BCUT2D eigenvalue weighted by atomic mass is 10.1. The Morgan fingerprint density at radius 1 is 1.12 bits per heavy atom. The lowest BCUT2D eigenvalue weighted by molar-refractivity contribution is -0.113. The average Bonchev–Trinajstić information content (AvgIpc) is 2.95. The zero-order valence-electron chi connectivity index (χ0n) is 14.4. The number of ether oxygens (including phenoxy) is 3. The fourth-order valence-corrected chi connectivity index (χ4v) is 3.77. The number of thioether (sulfide) groups is 1. The number of nitrogens with zero attached hydrogens (tertiary/aromatic N) is 2. The van der Waals surface area contributed by atoms with E-state index < -0.39 is 0 Å². The van der Waals surface area contributed by atoms with Gasteiger partial charge in [-0.3, -0.25) is 14.7 Å². The van der Waals surface area contributed by atoms with Crippen molar-refractivity contribution in [2.75, 3.05) is 26.2 Å². The van der Waals surface area contributed by atoms with Crippen molar-refractivity contribution in [2.24, 2.45) is 0 Å². The van der Waals surface area contributed by atoms with Crippen LogP contribution in [0.1, 0.15) is 5.56 Å². The average molecular weight is 388 g/mol. The number of anilines is 1. The molecule has 1 aliphatic rings. The van der Waals surface area contributed by atoms with Gasteiger partial charge in [0.2, 0.25) is 0 Å². The van der Waals surface area contributed by atoms with Crippen molar-refractivity contribution in [1.82, 2.24) is 4.98 Å². The Hall–Kier alpha value is -2.58. The SMILES string of the molecule is COc1cc(OC)c(OC)cc1/C=C1\SC(=S)N(c2cccnc2)C1=O. The van der Waals surface area contributed by atoms with Gasteiger partial charge in [-0.1, -0.05) is 24.0 Å². The van der Waals surface area contributed by atoms with Gasteiger partial charge >= 0.3 is 0 Å². The number of aromatic nitrogens is 1. The van der Waals surface area contributed by atoms with Crippen LogP contribution in [-0.4, -0.2) is 36.5 Å². The highest BCUT2D eigenvalue weighted by molar-refractivity contribution is 8.27. The first-order valence-electron chi connectivity index (χ1n) is 7.57. The second-order valence-electron chi connectivity index (χ2n) is 5.18. The lowest BCUT2D eigenvalue weighted by Gasteiger charge is -2.13. The maximum absolute atomic E-state index is 12.8. The number of benzene rings is 1. The van der Waals surface area contributed by atoms with Crippen LogP contribution < -0.4 is 19.1 Å². The number of hydrogen-bond acceptors (Lipinski definition) is 7. The molecule has 6 nitrogen and oxygen atoms in total. The molecule has 1 aliphatic heterocycles. The molecule has 26 heavy (non-hydrogen) atoms. The Bertz CT molecular complexity index is 884. The quantitative estimate of drug-likeness (QED) is 0.574. The molecule has 1 fully saturated rings. The normalized spacial score (nSPS) is 15.5. The monoisotopic (exact) mass is 388 g/mol. The third-order valence-electron chi connectivity index (χ3n) is 3.72. The number of thiocarbonyl (C=S) groups is 1. The first kappa shape index (κ1) is 18.2. The van der Waals surface area contributed by atoms with Crippen LogP contribution in [0, 0.1) is 0 Å². The molecule has 134 valence electrons. The van der Waals surface area contributed by atoms with Gasteiger partial charge in [-0.15, -0.1) is 0 Å². The van der Waals surface area contributed by atoms with E-state index in [-0.39, 0.29) is 5.91 Å². The molecule has 0 spiro atoms. The van der Waals surface area contributed by atoms with Crippen LogP contribution in [-0.2, 0) is 4.79 Å². The summed E-state index contributed by atoms with van der Waals surface area (Å²) in [5, 5.41) is 0. The summed E-state index contributed by atoms with van der Waals surface area (Å²) in [6, 6.07) is 7.02. The first-order chi connectivity index (χ1) is 12.6. The van der Waals surface area contributed by atoms with E-state index in [4.69, 9.17) is 26.4 Å². The van der Waals surface area contributed by atoms with E-state index in [0.29, 0.717) is 37.7 Å². The van der Waals surface area contributed by atoms with Crippen molar-refractivity contribution in [1.29, 1.82) is 0 Å². The van der Waals surface area contributed by atoms with E-state index in [2.05, 4.69) is 4.98 Å². The van der Waals surface area contributed by atoms with E-state index >= 15 is 0 Å². The van der Waals surface area contributed by atoms with Crippen LogP contribution in [0.25, 0.3) is 6.08 Å². The maximum atomic E-state index is 12.8. The van der Waals surface area contributed by atoms with Crippen LogP contribution in [0.5, 0.6) is 17.2 Å². The minimum absolute atomic E-state index is 0.204. The van der Waals surface area contributed by atoms with Gasteiger partial charge in [-0.25, -0.2) is 0 Å². The molecule has 0 N–H and O–H groups in total. The van der Waals surface area contributed by atoms with Gasteiger partial charge in [0.25, 0.3) is 5.91 Å². The maximum Gasteiger partial charge on any atom is 0.270 e. The summed E-state index contributed by atoms with van der Waals surface area (Å²) >= 11 is 6.59. The fourth-order valence-electron chi connectivity index (χ4n) is 2.48. The molecule has 0 aliphatic carbocycles. The van der Waals surface area contributed by atoms with E-state index in [0.717, 1.165) is 0 Å². The second-order valence-corrected chi connectivity index (χ2v) is 6.85. The topological polar surface area (TPSA) is 60.9 Å². The second kappa shape index (κ2) is 7.76. The summed E-state index contributed by atoms with van der Waals surface area (Å²) < 4.78 is 16.5. The standard InChI is InChI=1S/C18H16N2O4S2/c1-22-13-9-15(24-3)14(23-2)7-11(13)8-16-17(21)20(18(25)26-16)12-5-4-6-19-10-12/h4-10H,1-3H3/b16-8-. The van der Waals surface area contributed by atoms with Crippen LogP contribution >= 0.6 is 24.0 Å². The summed E-state index contributed by atoms with van der Waals surface area (Å²) in [5.41, 5.74) is 1.33. The molecular weight excluding hydrogens is 372 g/mol. The molecule has 1 aromatic carbocycles. The van der Waals surface area contributed by atoms with Gasteiger partial charge in [0.1, 0.15) is 5.75 Å². The van der Waals surface area contributed by atoms with Gasteiger partial charge in [-0.2, -0.15) is 0 Å². The number of amides is 1. The molecule has 0 radical (unpaired) electrons. The fraction of sp³-hybridized carbons (Fsp3) is 0.167. The van der Waals surface area contributed by atoms with E-state index in [1.54, 1.807) is 64.1 Å². The van der Waals surface area contributed by atoms with Gasteiger partial charge in [0.05, 0.1) is 38.1 Å². The summed E-state index contributed by atoms with van der Waals surface area (Å²) in [6.45, 7) is 0. The van der Waals surface area contributed by atoms with Gasteiger partial charge in [0.15, 0.2) is 15.8 Å². The minimum atomic E-state index is -0.204. The van der Waals surface area contributed by atoms with Crippen LogP contribution in [0.4, 0.5) is 5.69 Å². The molecular formula is C18H16N2O4S2. The Morgan fingerprint density at radius 3 is 2.42 bits per heavy atom. The molecule has 8 heteroatoms. The molecule has 2 aromatic rings. The van der Waals surface area contributed by atoms with Gasteiger partial charge in [0, 0.05) is 17.8 Å². The largest absolute Gasteiger partial charge is 0.496 e. The summed E-state index contributed by atoms with van der Waals surface area (Å²) in [5.74, 6) is 1.45. The Labute approximate surface area is 160 Å². The minimum Gasteiger partial charge on any atom is -0.496 e. The van der Waals surface area contributed by atoms with E-state index in [1.807, 2.05) is 0 Å². The van der Waals surface area contributed by atoms with Crippen LogP contribution in [0.15, 0.2) is 41.6 Å². The highest BCUT2D eigenvalue weighted by Crippen LogP contribution is 2.40. The molecule has 3 rings (SSSR count). The van der Waals surface area contributed by atoms with Crippen LogP contribution in [0.2, 0.25) is 0 Å². The Kier molecular flexibility index (Phi) is 5.43. The number of methoxy groups -OCH3 is 3. The summed E-state index contributed by atoms with van der Waals surface area (Å²) in [7, 11) is 4.66. The third-order valence-corrected chi connectivity index (χ3v) is 5.02. The smallest absolute Gasteiger partial charge is 0.270 e. The van der Waals surface area contributed by atoms with Crippen molar-refractivity contribution in [2.45, 2.75) is 0 Å². The van der Waals surface area contributed by atoms with E-state index in [9.17, 15) is 4.79 Å². The van der Waals surface area contributed by atoms with Crippen molar-refractivity contribution in [3.05, 3.63) is 47.1 Å². The number of carbonyl (C=O) groups is 1. The Morgan fingerprint density at radius 2 is 1.81 bits per heavy atom. The molecule has 2 heterocycles. The summed E-state index contributed by atoms with van der Waals surface area (Å²) in [4.78, 5) is 18.8. The lowest BCUT2D eigenvalue weighted by Crippen LogP contribution is -2.27.